The van der Waals surface area contributed by atoms with Crippen molar-refractivity contribution >= 4 is 6.09 Å². The molecule has 1 unspecified atom stereocenters. The molecule has 3 rings (SSSR count). The molecule has 0 aliphatic carbocycles. The third-order valence-corrected chi connectivity index (χ3v) is 5.07. The van der Waals surface area contributed by atoms with Gasteiger partial charge in [-0.15, -0.1) is 0 Å². The molecule has 6 heteroatoms. The molecule has 132 valence electrons. The number of carbonyl (C=O) groups is 1. The summed E-state index contributed by atoms with van der Waals surface area (Å²) in [6, 6.07) is 5.53. The molecule has 24 heavy (non-hydrogen) atoms. The molecule has 0 saturated carbocycles. The lowest BCUT2D eigenvalue weighted by atomic mass is 9.68. The fourth-order valence-electron chi connectivity index (χ4n) is 4.52. The van der Waals surface area contributed by atoms with Gasteiger partial charge < -0.3 is 15.2 Å². The van der Waals surface area contributed by atoms with Gasteiger partial charge in [-0.3, -0.25) is 9.88 Å². The molecule has 1 aromatic heterocycles. The summed E-state index contributed by atoms with van der Waals surface area (Å²) in [7, 11) is 0. The first-order valence-electron chi connectivity index (χ1n) is 8.39. The number of rotatable bonds is 2. The highest BCUT2D eigenvalue weighted by atomic mass is 16.6. The number of carbonyl (C=O) groups excluding carboxylic acids is 1. The minimum atomic E-state index is -1.40. The van der Waals surface area contributed by atoms with Gasteiger partial charge >= 0.3 is 6.09 Å². The van der Waals surface area contributed by atoms with E-state index in [0.717, 1.165) is 5.69 Å². The summed E-state index contributed by atoms with van der Waals surface area (Å²) in [4.78, 5) is 18.2. The van der Waals surface area contributed by atoms with Crippen LogP contribution in [0, 0.1) is 0 Å². The number of piperidine rings is 1. The summed E-state index contributed by atoms with van der Waals surface area (Å²) in [6.45, 7) is 10.2. The Hall–Kier alpha value is -1.66. The molecule has 2 N–H and O–H groups in total. The predicted molar refractivity (Wildman–Crippen MR) is 90.1 cm³/mol. The molecule has 2 aliphatic heterocycles. The minimum absolute atomic E-state index is 0.225. The Bertz CT molecular complexity index is 624. The van der Waals surface area contributed by atoms with Crippen LogP contribution in [-0.2, 0) is 11.3 Å². The number of pyridine rings is 1. The average Bonchev–Trinajstić information content (AvgIpc) is 2.56. The summed E-state index contributed by atoms with van der Waals surface area (Å²) in [5.41, 5.74) is -2.14. The molecule has 1 aromatic rings. The first-order chi connectivity index (χ1) is 11.0. The van der Waals surface area contributed by atoms with Crippen LogP contribution < -0.4 is 5.32 Å². The average molecular weight is 333 g/mol. The van der Waals surface area contributed by atoms with Gasteiger partial charge in [-0.05, 0) is 46.8 Å². The van der Waals surface area contributed by atoms with Crippen molar-refractivity contribution in [1.29, 1.82) is 0 Å². The number of nitrogens with zero attached hydrogens (tertiary/aromatic N) is 2. The molecule has 2 aliphatic rings. The Morgan fingerprint density at radius 3 is 2.38 bits per heavy atom. The Balaban J connectivity index is 1.95. The lowest BCUT2D eigenvalue weighted by Gasteiger charge is -2.53. The van der Waals surface area contributed by atoms with Crippen LogP contribution in [0.2, 0.25) is 0 Å². The highest BCUT2D eigenvalue weighted by Crippen LogP contribution is 2.50. The SMILES string of the molecule is CC1(C)CC2(CC(C)(C)N1)OC(=O)N(Cc1ccccn1)C2(C)O. The second-order valence-corrected chi connectivity index (χ2v) is 8.54. The van der Waals surface area contributed by atoms with E-state index < -0.39 is 17.4 Å². The summed E-state index contributed by atoms with van der Waals surface area (Å²) in [5, 5.41) is 14.9. The van der Waals surface area contributed by atoms with E-state index in [9.17, 15) is 9.90 Å². The molecule has 0 bridgehead atoms. The number of aromatic nitrogens is 1. The molecule has 0 aromatic carbocycles. The van der Waals surface area contributed by atoms with E-state index in [1.165, 1.54) is 4.90 Å². The van der Waals surface area contributed by atoms with Crippen LogP contribution in [-0.4, -0.2) is 43.5 Å². The molecule has 3 heterocycles. The van der Waals surface area contributed by atoms with Crippen LogP contribution in [0.3, 0.4) is 0 Å². The van der Waals surface area contributed by atoms with Crippen molar-refractivity contribution in [2.45, 2.75) is 76.4 Å². The van der Waals surface area contributed by atoms with Gasteiger partial charge in [0, 0.05) is 30.1 Å². The Morgan fingerprint density at radius 1 is 1.21 bits per heavy atom. The van der Waals surface area contributed by atoms with E-state index in [0.29, 0.717) is 12.8 Å². The van der Waals surface area contributed by atoms with Crippen molar-refractivity contribution in [1.82, 2.24) is 15.2 Å². The van der Waals surface area contributed by atoms with Gasteiger partial charge in [-0.1, -0.05) is 6.07 Å². The molecule has 2 saturated heterocycles. The zero-order chi connectivity index (χ0) is 17.8. The Morgan fingerprint density at radius 2 is 1.83 bits per heavy atom. The Kier molecular flexibility index (Phi) is 3.70. The smallest absolute Gasteiger partial charge is 0.413 e. The predicted octanol–water partition coefficient (Wildman–Crippen LogP) is 2.42. The summed E-state index contributed by atoms with van der Waals surface area (Å²) in [6.07, 6.45) is 2.28. The molecular formula is C18H27N3O3. The highest BCUT2D eigenvalue weighted by molar-refractivity contribution is 5.72. The molecular weight excluding hydrogens is 306 g/mol. The van der Waals surface area contributed by atoms with Crippen molar-refractivity contribution in [2.24, 2.45) is 0 Å². The van der Waals surface area contributed by atoms with Crippen molar-refractivity contribution in [3.8, 4) is 0 Å². The maximum atomic E-state index is 12.6. The number of aliphatic hydroxyl groups is 1. The zero-order valence-electron chi connectivity index (χ0n) is 15.1. The van der Waals surface area contributed by atoms with Gasteiger partial charge in [0.05, 0.1) is 12.2 Å². The summed E-state index contributed by atoms with van der Waals surface area (Å²) < 4.78 is 5.83. The molecule has 1 amide bonds. The lowest BCUT2D eigenvalue weighted by molar-refractivity contribution is -0.182. The van der Waals surface area contributed by atoms with Crippen molar-refractivity contribution in [2.75, 3.05) is 0 Å². The van der Waals surface area contributed by atoms with Crippen molar-refractivity contribution in [3.63, 3.8) is 0 Å². The van der Waals surface area contributed by atoms with Crippen LogP contribution in [0.25, 0.3) is 0 Å². The van der Waals surface area contributed by atoms with Gasteiger partial charge in [0.25, 0.3) is 0 Å². The third-order valence-electron chi connectivity index (χ3n) is 5.07. The fourth-order valence-corrected chi connectivity index (χ4v) is 4.52. The summed E-state index contributed by atoms with van der Waals surface area (Å²) in [5.74, 6) is 0. The van der Waals surface area contributed by atoms with Gasteiger partial charge in [-0.2, -0.15) is 0 Å². The topological polar surface area (TPSA) is 74.7 Å². The number of ether oxygens (including phenoxy) is 1. The van der Waals surface area contributed by atoms with E-state index in [-0.39, 0.29) is 17.6 Å². The van der Waals surface area contributed by atoms with E-state index in [4.69, 9.17) is 4.74 Å². The van der Waals surface area contributed by atoms with Gasteiger partial charge in [-0.25, -0.2) is 4.79 Å². The molecule has 1 atom stereocenters. The molecule has 6 nitrogen and oxygen atoms in total. The normalized spacial score (nSPS) is 30.4. The largest absolute Gasteiger partial charge is 0.437 e. The molecule has 1 spiro atoms. The van der Waals surface area contributed by atoms with Gasteiger partial charge in [0.2, 0.25) is 0 Å². The minimum Gasteiger partial charge on any atom is -0.437 e. The van der Waals surface area contributed by atoms with E-state index in [1.54, 1.807) is 13.1 Å². The summed E-state index contributed by atoms with van der Waals surface area (Å²) >= 11 is 0. The maximum Gasteiger partial charge on any atom is 0.413 e. The molecule has 0 radical (unpaired) electrons. The van der Waals surface area contributed by atoms with Crippen LogP contribution in [0.15, 0.2) is 24.4 Å². The maximum absolute atomic E-state index is 12.6. The van der Waals surface area contributed by atoms with E-state index in [1.807, 2.05) is 18.2 Å². The fraction of sp³-hybridized carbons (Fsp3) is 0.667. The van der Waals surface area contributed by atoms with Crippen LogP contribution in [0.5, 0.6) is 0 Å². The van der Waals surface area contributed by atoms with Crippen molar-refractivity contribution in [3.05, 3.63) is 30.1 Å². The number of nitrogens with one attached hydrogen (secondary N) is 1. The third kappa shape index (κ3) is 2.78. The first kappa shape index (κ1) is 17.2. The van der Waals surface area contributed by atoms with Crippen LogP contribution in [0.1, 0.15) is 53.2 Å². The number of hydrogen-bond donors (Lipinski definition) is 2. The zero-order valence-corrected chi connectivity index (χ0v) is 15.1. The Labute approximate surface area is 143 Å². The monoisotopic (exact) mass is 333 g/mol. The number of amides is 1. The standard InChI is InChI=1S/C18H27N3O3/c1-15(2)11-18(12-16(3,4)20-15)17(5,23)21(14(22)24-18)10-13-8-6-7-9-19-13/h6-9,20,23H,10-12H2,1-5H3. The van der Waals surface area contributed by atoms with Crippen LogP contribution in [0.4, 0.5) is 4.79 Å². The number of hydrogen-bond acceptors (Lipinski definition) is 5. The molecule has 2 fully saturated rings. The van der Waals surface area contributed by atoms with E-state index >= 15 is 0 Å². The highest BCUT2D eigenvalue weighted by Gasteiger charge is 2.66. The first-order valence-corrected chi connectivity index (χ1v) is 8.39. The lowest BCUT2D eigenvalue weighted by Crippen LogP contribution is -2.70. The van der Waals surface area contributed by atoms with Gasteiger partial charge in [0.1, 0.15) is 0 Å². The van der Waals surface area contributed by atoms with Gasteiger partial charge in [0.15, 0.2) is 11.3 Å². The second-order valence-electron chi connectivity index (χ2n) is 8.54. The quantitative estimate of drug-likeness (QED) is 0.869. The van der Waals surface area contributed by atoms with Crippen LogP contribution >= 0.6 is 0 Å². The van der Waals surface area contributed by atoms with Crippen molar-refractivity contribution < 1.29 is 14.6 Å². The second kappa shape index (κ2) is 5.17. The van der Waals surface area contributed by atoms with E-state index in [2.05, 4.69) is 38.0 Å².